The molecule has 6 rings (SSSR count). The summed E-state index contributed by atoms with van der Waals surface area (Å²) < 4.78 is 31.0. The van der Waals surface area contributed by atoms with Gasteiger partial charge in [0.15, 0.2) is 0 Å². The molecule has 43 heavy (non-hydrogen) atoms. The number of hydrogen-bond donors (Lipinski definition) is 0. The third-order valence-corrected chi connectivity index (χ3v) is 8.21. The van der Waals surface area contributed by atoms with Gasteiger partial charge in [0.2, 0.25) is 5.88 Å². The zero-order chi connectivity index (χ0) is 29.9. The Morgan fingerprint density at radius 2 is 1.95 bits per heavy atom. The lowest BCUT2D eigenvalue weighted by Crippen LogP contribution is -2.35. The van der Waals surface area contributed by atoms with Gasteiger partial charge in [0.25, 0.3) is 0 Å². The van der Waals surface area contributed by atoms with Gasteiger partial charge in [0.05, 0.1) is 54.9 Å². The van der Waals surface area contributed by atoms with Crippen molar-refractivity contribution in [1.29, 1.82) is 0 Å². The third-order valence-electron chi connectivity index (χ3n) is 7.98. The fraction of sp³-hybridized carbons (Fsp3) is 0.355. The summed E-state index contributed by atoms with van der Waals surface area (Å²) in [5.74, 6) is 0.626. The molecule has 12 heteroatoms. The summed E-state index contributed by atoms with van der Waals surface area (Å²) in [4.78, 5) is 24.0. The van der Waals surface area contributed by atoms with Gasteiger partial charge in [0.1, 0.15) is 18.2 Å². The van der Waals surface area contributed by atoms with Crippen molar-refractivity contribution in [3.63, 3.8) is 0 Å². The fourth-order valence-corrected chi connectivity index (χ4v) is 5.73. The van der Waals surface area contributed by atoms with Crippen molar-refractivity contribution in [2.45, 2.75) is 52.0 Å². The minimum atomic E-state index is -0.396. The largest absolute Gasteiger partial charge is 0.472 e. The van der Waals surface area contributed by atoms with Gasteiger partial charge >= 0.3 is 5.97 Å². The van der Waals surface area contributed by atoms with Crippen molar-refractivity contribution in [3.05, 3.63) is 94.7 Å². The molecule has 1 saturated heterocycles. The Labute approximate surface area is 253 Å². The van der Waals surface area contributed by atoms with Crippen LogP contribution in [0.1, 0.15) is 53.2 Å². The first-order valence-corrected chi connectivity index (χ1v) is 14.7. The first-order chi connectivity index (χ1) is 20.9. The van der Waals surface area contributed by atoms with Crippen LogP contribution in [-0.4, -0.2) is 60.0 Å². The number of carbonyl (C=O) groups excluding carboxylic acids is 1. The van der Waals surface area contributed by atoms with E-state index in [1.807, 2.05) is 41.6 Å². The van der Waals surface area contributed by atoms with Crippen LogP contribution in [0.3, 0.4) is 0 Å². The number of piperidine rings is 1. The predicted octanol–water partition coefficient (Wildman–Crippen LogP) is 5.49. The maximum Gasteiger partial charge on any atom is 0.337 e. The highest BCUT2D eigenvalue weighted by atomic mass is 35.5. The Bertz CT molecular complexity index is 1740. The molecule has 0 amide bonds. The maximum absolute atomic E-state index is 14.1. The standard InChI is InChI=1S/C31H33ClFN7O3/c1-3-38-20-34-16-25(38)17-39-28-14-21(31(41)42-2)5-7-27(28)35-29(39)18-37-11-8-24(9-12-37)40-13-10-30(36-40)43-19-22-4-6-23(32)15-26(22)33/h4-7,10,13-16,20,24H,3,8-9,11-12,17-19H2,1-2H3. The van der Waals surface area contributed by atoms with Crippen LogP contribution in [0.5, 0.6) is 5.88 Å². The molecule has 0 spiro atoms. The first kappa shape index (κ1) is 28.9. The summed E-state index contributed by atoms with van der Waals surface area (Å²) in [6.07, 6.45) is 7.47. The van der Waals surface area contributed by atoms with Gasteiger partial charge < -0.3 is 18.6 Å². The second-order valence-corrected chi connectivity index (χ2v) is 11.1. The van der Waals surface area contributed by atoms with Crippen molar-refractivity contribution in [2.75, 3.05) is 20.2 Å². The molecule has 1 aliphatic rings. The number of ether oxygens (including phenoxy) is 2. The van der Waals surface area contributed by atoms with E-state index in [1.165, 1.54) is 13.2 Å². The van der Waals surface area contributed by atoms with E-state index < -0.39 is 5.82 Å². The number of esters is 1. The third kappa shape index (κ3) is 6.28. The number of fused-ring (bicyclic) bond motifs is 1. The average molecular weight is 606 g/mol. The average Bonchev–Trinajstić information content (AvgIpc) is 3.76. The quantitative estimate of drug-likeness (QED) is 0.194. The summed E-state index contributed by atoms with van der Waals surface area (Å²) >= 11 is 5.84. The fourth-order valence-electron chi connectivity index (χ4n) is 5.57. The molecule has 0 radical (unpaired) electrons. The number of aromatic nitrogens is 6. The molecule has 1 fully saturated rings. The molecule has 4 heterocycles. The number of carbonyl (C=O) groups is 1. The number of methoxy groups -OCH3 is 1. The van der Waals surface area contributed by atoms with Gasteiger partial charge in [-0.1, -0.05) is 17.7 Å². The predicted molar refractivity (Wildman–Crippen MR) is 160 cm³/mol. The summed E-state index contributed by atoms with van der Waals surface area (Å²) in [5, 5.41) is 4.95. The molecule has 5 aromatic rings. The van der Waals surface area contributed by atoms with Crippen LogP contribution >= 0.6 is 11.6 Å². The highest BCUT2D eigenvalue weighted by molar-refractivity contribution is 6.30. The van der Waals surface area contributed by atoms with E-state index in [0.29, 0.717) is 35.1 Å². The molecule has 224 valence electrons. The number of hydrogen-bond acceptors (Lipinski definition) is 7. The molecule has 0 unspecified atom stereocenters. The Hall–Kier alpha value is -4.22. The van der Waals surface area contributed by atoms with Crippen molar-refractivity contribution in [2.24, 2.45) is 0 Å². The Kier molecular flexibility index (Phi) is 8.44. The van der Waals surface area contributed by atoms with Crippen LogP contribution in [0.25, 0.3) is 11.0 Å². The lowest BCUT2D eigenvalue weighted by atomic mass is 10.1. The second-order valence-electron chi connectivity index (χ2n) is 10.6. The summed E-state index contributed by atoms with van der Waals surface area (Å²) in [7, 11) is 1.39. The van der Waals surface area contributed by atoms with Crippen LogP contribution in [0.2, 0.25) is 5.02 Å². The topological polar surface area (TPSA) is 92.2 Å². The number of likely N-dealkylation sites (tertiary alicyclic amines) is 1. The minimum absolute atomic E-state index is 0.0830. The van der Waals surface area contributed by atoms with Crippen molar-refractivity contribution < 1.29 is 18.7 Å². The van der Waals surface area contributed by atoms with Gasteiger partial charge in [-0.05, 0) is 50.1 Å². The van der Waals surface area contributed by atoms with Crippen molar-refractivity contribution >= 4 is 28.6 Å². The normalized spacial score (nSPS) is 14.4. The molecule has 1 aliphatic heterocycles. The molecule has 0 saturated carbocycles. The van der Waals surface area contributed by atoms with Crippen LogP contribution in [0.4, 0.5) is 4.39 Å². The van der Waals surface area contributed by atoms with E-state index in [0.717, 1.165) is 55.0 Å². The Morgan fingerprint density at radius 1 is 1.12 bits per heavy atom. The molecule has 10 nitrogen and oxygen atoms in total. The number of benzene rings is 2. The number of nitrogens with zero attached hydrogens (tertiary/aromatic N) is 7. The monoisotopic (exact) mass is 605 g/mol. The van der Waals surface area contributed by atoms with Crippen molar-refractivity contribution in [3.8, 4) is 5.88 Å². The lowest BCUT2D eigenvalue weighted by molar-refractivity contribution is 0.0601. The first-order valence-electron chi connectivity index (χ1n) is 14.3. The van der Waals surface area contributed by atoms with Crippen LogP contribution < -0.4 is 4.74 Å². The van der Waals surface area contributed by atoms with Gasteiger partial charge in [-0.3, -0.25) is 9.58 Å². The summed E-state index contributed by atoms with van der Waals surface area (Å²) in [5.41, 5.74) is 3.72. The molecule has 0 aliphatic carbocycles. The molecule has 0 atom stereocenters. The van der Waals surface area contributed by atoms with Crippen LogP contribution in [0, 0.1) is 5.82 Å². The highest BCUT2D eigenvalue weighted by Gasteiger charge is 2.24. The highest BCUT2D eigenvalue weighted by Crippen LogP contribution is 2.27. The molecule has 0 bridgehead atoms. The number of rotatable bonds is 10. The molecular weight excluding hydrogens is 573 g/mol. The molecule has 3 aromatic heterocycles. The zero-order valence-electron chi connectivity index (χ0n) is 24.1. The van der Waals surface area contributed by atoms with Gasteiger partial charge in [-0.25, -0.2) is 19.2 Å². The van der Waals surface area contributed by atoms with Gasteiger partial charge in [-0.15, -0.1) is 5.10 Å². The summed E-state index contributed by atoms with van der Waals surface area (Å²) in [6.45, 7) is 6.01. The molecular formula is C31H33ClFN7O3. The van der Waals surface area contributed by atoms with Crippen LogP contribution in [0.15, 0.2) is 61.2 Å². The summed E-state index contributed by atoms with van der Waals surface area (Å²) in [6, 6.07) is 12.1. The minimum Gasteiger partial charge on any atom is -0.472 e. The number of halogens is 2. The number of imidazole rings is 2. The van der Waals surface area contributed by atoms with E-state index in [4.69, 9.17) is 26.1 Å². The van der Waals surface area contributed by atoms with E-state index >= 15 is 0 Å². The maximum atomic E-state index is 14.1. The van der Waals surface area contributed by atoms with E-state index in [2.05, 4.69) is 31.0 Å². The number of aryl methyl sites for hydroxylation is 1. The molecule has 0 N–H and O–H groups in total. The van der Waals surface area contributed by atoms with E-state index in [9.17, 15) is 9.18 Å². The molecule has 2 aromatic carbocycles. The SMILES string of the molecule is CCn1cncc1Cn1c(CN2CCC(n3ccc(OCc4ccc(Cl)cc4F)n3)CC2)nc2ccc(C(=O)OC)cc21. The van der Waals surface area contributed by atoms with Crippen molar-refractivity contribution in [1.82, 2.24) is 33.8 Å². The Balaban J connectivity index is 1.13. The lowest BCUT2D eigenvalue weighted by Gasteiger charge is -2.31. The zero-order valence-corrected chi connectivity index (χ0v) is 24.9. The van der Waals surface area contributed by atoms with E-state index in [1.54, 1.807) is 18.2 Å². The van der Waals surface area contributed by atoms with Gasteiger partial charge in [-0.2, -0.15) is 0 Å². The second kappa shape index (κ2) is 12.6. The van der Waals surface area contributed by atoms with Crippen LogP contribution in [-0.2, 0) is 31.0 Å². The smallest absolute Gasteiger partial charge is 0.337 e. The Morgan fingerprint density at radius 3 is 2.72 bits per heavy atom. The van der Waals surface area contributed by atoms with E-state index in [-0.39, 0.29) is 18.6 Å². The van der Waals surface area contributed by atoms with Gasteiger partial charge in [0, 0.05) is 48.7 Å².